The fraction of sp³-hybridized carbons (Fsp3) is 0.174. The minimum absolute atomic E-state index is 0.202. The number of nitrogens with two attached hydrogens (primary N) is 1. The Kier molecular flexibility index (Phi) is 6.18. The van der Waals surface area contributed by atoms with E-state index in [1.165, 1.54) is 0 Å². The van der Waals surface area contributed by atoms with E-state index in [-0.39, 0.29) is 5.95 Å². The summed E-state index contributed by atoms with van der Waals surface area (Å²) in [6.45, 7) is 4.88. The molecule has 31 heavy (non-hydrogen) atoms. The van der Waals surface area contributed by atoms with Crippen molar-refractivity contribution in [1.29, 1.82) is 0 Å². The number of halogens is 1. The second kappa shape index (κ2) is 9.18. The summed E-state index contributed by atoms with van der Waals surface area (Å²) in [5, 5.41) is 0.837. The molecule has 2 heterocycles. The predicted molar refractivity (Wildman–Crippen MR) is 127 cm³/mol. The molecule has 8 heteroatoms. The van der Waals surface area contributed by atoms with Gasteiger partial charge in [-0.1, -0.05) is 24.3 Å². The van der Waals surface area contributed by atoms with Gasteiger partial charge in [-0.3, -0.25) is 3.93 Å². The molecule has 2 aromatic carbocycles. The molecular weight excluding hydrogens is 458 g/mol. The van der Waals surface area contributed by atoms with Gasteiger partial charge in [-0.25, -0.2) is 4.98 Å². The van der Waals surface area contributed by atoms with Crippen molar-refractivity contribution in [2.24, 2.45) is 0 Å². The van der Waals surface area contributed by atoms with Gasteiger partial charge in [-0.05, 0) is 49.7 Å². The van der Waals surface area contributed by atoms with E-state index in [0.717, 1.165) is 27.7 Å². The smallest absolute Gasteiger partial charge is 0.224 e. The van der Waals surface area contributed by atoms with Crippen molar-refractivity contribution >= 4 is 44.5 Å². The summed E-state index contributed by atoms with van der Waals surface area (Å²) in [4.78, 5) is 13.4. The van der Waals surface area contributed by atoms with E-state index in [0.29, 0.717) is 30.8 Å². The summed E-state index contributed by atoms with van der Waals surface area (Å²) >= 11 is 3.63. The zero-order valence-electron chi connectivity index (χ0n) is 17.2. The topological polar surface area (TPSA) is 86.4 Å². The first-order valence-electron chi connectivity index (χ1n) is 9.96. The van der Waals surface area contributed by atoms with Crippen LogP contribution < -0.4 is 19.1 Å². The first-order chi connectivity index (χ1) is 15.1. The Hall–Kier alpha value is -3.39. The fourth-order valence-electron chi connectivity index (χ4n) is 3.25. The molecule has 0 fully saturated rings. The molecule has 0 aliphatic rings. The van der Waals surface area contributed by atoms with Crippen LogP contribution in [0.25, 0.3) is 22.0 Å². The number of hydrogen-bond donors (Lipinski definition) is 1. The lowest BCUT2D eigenvalue weighted by Gasteiger charge is -2.18. The van der Waals surface area contributed by atoms with Crippen molar-refractivity contribution in [3.63, 3.8) is 0 Å². The van der Waals surface area contributed by atoms with Crippen LogP contribution in [0.3, 0.4) is 0 Å². The minimum atomic E-state index is 0.202. The van der Waals surface area contributed by atoms with E-state index in [1.54, 1.807) is 0 Å². The number of nitrogens with zero attached hydrogens (tertiary/aromatic N) is 4. The van der Waals surface area contributed by atoms with Crippen molar-refractivity contribution < 1.29 is 9.47 Å². The van der Waals surface area contributed by atoms with E-state index >= 15 is 0 Å². The highest BCUT2D eigenvalue weighted by molar-refractivity contribution is 9.10. The molecule has 0 spiro atoms. The van der Waals surface area contributed by atoms with E-state index in [1.807, 2.05) is 78.4 Å². The predicted octanol–water partition coefficient (Wildman–Crippen LogP) is 5.52. The highest BCUT2D eigenvalue weighted by atomic mass is 79.9. The Morgan fingerprint density at radius 2 is 1.68 bits per heavy atom. The lowest BCUT2D eigenvalue weighted by Crippen LogP contribution is -2.07. The molecule has 0 aliphatic carbocycles. The molecule has 0 amide bonds. The van der Waals surface area contributed by atoms with E-state index < -0.39 is 0 Å². The highest BCUT2D eigenvalue weighted by Crippen LogP contribution is 2.37. The molecule has 0 aliphatic heterocycles. The number of rotatable bonds is 7. The lowest BCUT2D eigenvalue weighted by molar-refractivity contribution is 0.300. The van der Waals surface area contributed by atoms with Gasteiger partial charge in [0.2, 0.25) is 17.7 Å². The third kappa shape index (κ3) is 4.39. The Bertz CT molecular complexity index is 1200. The van der Waals surface area contributed by atoms with Crippen LogP contribution in [-0.2, 0) is 0 Å². The lowest BCUT2D eigenvalue weighted by atomic mass is 10.0. The molecular formula is C23H22BrN5O2. The maximum Gasteiger partial charge on any atom is 0.224 e. The zero-order valence-corrected chi connectivity index (χ0v) is 18.8. The van der Waals surface area contributed by atoms with Crippen LogP contribution in [0.15, 0.2) is 60.7 Å². The highest BCUT2D eigenvalue weighted by Gasteiger charge is 2.17. The largest absolute Gasteiger partial charge is 0.478 e. The molecule has 2 aromatic heterocycles. The second-order valence-electron chi connectivity index (χ2n) is 6.62. The van der Waals surface area contributed by atoms with Gasteiger partial charge in [-0.2, -0.15) is 9.97 Å². The van der Waals surface area contributed by atoms with Crippen molar-refractivity contribution in [3.8, 4) is 22.9 Å². The molecule has 0 atom stereocenters. The van der Waals surface area contributed by atoms with Gasteiger partial charge in [-0.15, -0.1) is 0 Å². The monoisotopic (exact) mass is 479 g/mol. The normalized spacial score (nSPS) is 10.8. The molecule has 0 radical (unpaired) electrons. The van der Waals surface area contributed by atoms with Gasteiger partial charge in [0.1, 0.15) is 0 Å². The number of nitrogen functional groups attached to an aromatic ring is 1. The van der Waals surface area contributed by atoms with Gasteiger partial charge in [0.15, 0.2) is 5.82 Å². The third-order valence-electron chi connectivity index (χ3n) is 4.58. The molecule has 4 aromatic rings. The number of anilines is 3. The molecule has 0 saturated carbocycles. The molecule has 0 saturated heterocycles. The average molecular weight is 480 g/mol. The van der Waals surface area contributed by atoms with Crippen LogP contribution in [-0.4, -0.2) is 28.2 Å². The summed E-state index contributed by atoms with van der Waals surface area (Å²) in [5.74, 6) is 1.90. The molecule has 158 valence electrons. The second-order valence-corrected chi connectivity index (χ2v) is 7.33. The standard InChI is InChI=1S/C23H22BrN5O2/c1-3-30-20-13-11-17(22(27-20)31-4-2)15-10-12-19-18(14-15)21(28-23(25)26-19)29(24)16-8-6-5-7-9-16/h5-14H,3-4H2,1-2H3,(H2,25,26,28). The first kappa shape index (κ1) is 20.9. The quantitative estimate of drug-likeness (QED) is 0.349. The average Bonchev–Trinajstić information content (AvgIpc) is 2.79. The van der Waals surface area contributed by atoms with Gasteiger partial charge in [0.25, 0.3) is 0 Å². The van der Waals surface area contributed by atoms with Crippen molar-refractivity contribution in [2.75, 3.05) is 22.9 Å². The zero-order chi connectivity index (χ0) is 21.8. The Morgan fingerprint density at radius 1 is 0.903 bits per heavy atom. The number of pyridine rings is 1. The van der Waals surface area contributed by atoms with Crippen molar-refractivity contribution in [2.45, 2.75) is 13.8 Å². The number of hydrogen-bond acceptors (Lipinski definition) is 7. The molecule has 7 nitrogen and oxygen atoms in total. The SMILES string of the molecule is CCOc1ccc(-c2ccc3nc(N)nc(N(Br)c4ccccc4)c3c2)c(OCC)n1. The van der Waals surface area contributed by atoms with Crippen LogP contribution in [0, 0.1) is 0 Å². The molecule has 2 N–H and O–H groups in total. The molecule has 0 bridgehead atoms. The Morgan fingerprint density at radius 3 is 2.42 bits per heavy atom. The van der Waals surface area contributed by atoms with Gasteiger partial charge in [0, 0.05) is 17.0 Å². The summed E-state index contributed by atoms with van der Waals surface area (Å²) < 4.78 is 13.1. The maximum absolute atomic E-state index is 5.98. The summed E-state index contributed by atoms with van der Waals surface area (Å²) in [6.07, 6.45) is 0. The van der Waals surface area contributed by atoms with Gasteiger partial charge in [0.05, 0.1) is 40.6 Å². The fourth-order valence-corrected chi connectivity index (χ4v) is 3.75. The number of benzene rings is 2. The first-order valence-corrected chi connectivity index (χ1v) is 10.7. The van der Waals surface area contributed by atoms with Gasteiger partial charge < -0.3 is 15.2 Å². The van der Waals surface area contributed by atoms with Crippen LogP contribution >= 0.6 is 16.1 Å². The molecule has 4 rings (SSSR count). The van der Waals surface area contributed by atoms with Crippen LogP contribution in [0.5, 0.6) is 11.8 Å². The molecule has 0 unspecified atom stereocenters. The maximum atomic E-state index is 5.98. The van der Waals surface area contributed by atoms with Crippen molar-refractivity contribution in [3.05, 3.63) is 60.7 Å². The summed E-state index contributed by atoms with van der Waals surface area (Å²) in [5.41, 5.74) is 9.43. The van der Waals surface area contributed by atoms with E-state index in [2.05, 4.69) is 31.1 Å². The van der Waals surface area contributed by atoms with Crippen molar-refractivity contribution in [1.82, 2.24) is 15.0 Å². The minimum Gasteiger partial charge on any atom is -0.478 e. The van der Waals surface area contributed by atoms with E-state index in [4.69, 9.17) is 15.2 Å². The Labute approximate surface area is 189 Å². The van der Waals surface area contributed by atoms with Gasteiger partial charge >= 0.3 is 0 Å². The Balaban J connectivity index is 1.85. The van der Waals surface area contributed by atoms with Crippen LogP contribution in [0.2, 0.25) is 0 Å². The number of fused-ring (bicyclic) bond motifs is 1. The van der Waals surface area contributed by atoms with Crippen LogP contribution in [0.4, 0.5) is 17.5 Å². The third-order valence-corrected chi connectivity index (χ3v) is 5.33. The summed E-state index contributed by atoms with van der Waals surface area (Å²) in [7, 11) is 0. The van der Waals surface area contributed by atoms with E-state index in [9.17, 15) is 0 Å². The number of para-hydroxylation sites is 1. The number of ether oxygens (including phenoxy) is 2. The number of aromatic nitrogens is 3. The van der Waals surface area contributed by atoms with Crippen LogP contribution in [0.1, 0.15) is 13.8 Å². The summed E-state index contributed by atoms with van der Waals surface area (Å²) in [6, 6.07) is 19.5.